The highest BCUT2D eigenvalue weighted by atomic mass is 19.2. The first-order valence-corrected chi connectivity index (χ1v) is 6.54. The van der Waals surface area contributed by atoms with Crippen LogP contribution in [0, 0.1) is 17.6 Å². The number of rotatable bonds is 4. The Morgan fingerprint density at radius 2 is 2.10 bits per heavy atom. The van der Waals surface area contributed by atoms with Gasteiger partial charge in [-0.3, -0.25) is 4.79 Å². The van der Waals surface area contributed by atoms with Crippen molar-refractivity contribution >= 4 is 17.0 Å². The number of aliphatic carboxylic acids is 1. The van der Waals surface area contributed by atoms with E-state index in [1.807, 2.05) is 0 Å². The molecular weight excluding hydrogens is 266 g/mol. The van der Waals surface area contributed by atoms with Crippen LogP contribution in [0.4, 0.5) is 8.78 Å². The zero-order valence-corrected chi connectivity index (χ0v) is 10.9. The summed E-state index contributed by atoms with van der Waals surface area (Å²) in [5.74, 6) is -1.34. The van der Waals surface area contributed by atoms with Crippen LogP contribution >= 0.6 is 0 Å². The van der Waals surface area contributed by atoms with Crippen LogP contribution < -0.4 is 0 Å². The molecule has 0 saturated heterocycles. The number of fused-ring (bicyclic) bond motifs is 1. The fourth-order valence-corrected chi connectivity index (χ4v) is 2.55. The Hall–Kier alpha value is -1.98. The lowest BCUT2D eigenvalue weighted by Gasteiger charge is -2.07. The number of aromatic nitrogens is 2. The van der Waals surface area contributed by atoms with Gasteiger partial charge < -0.3 is 9.67 Å². The largest absolute Gasteiger partial charge is 0.481 e. The SMILES string of the molecule is CC1CC1c1nc2cc(F)c(F)cc2n1CCC(=O)O. The predicted octanol–water partition coefficient (Wildman–Crippen LogP) is 2.91. The summed E-state index contributed by atoms with van der Waals surface area (Å²) in [7, 11) is 0. The minimum absolute atomic E-state index is 0.0709. The van der Waals surface area contributed by atoms with Gasteiger partial charge in [0, 0.05) is 24.6 Å². The molecule has 0 amide bonds. The van der Waals surface area contributed by atoms with Crippen LogP contribution in [0.3, 0.4) is 0 Å². The van der Waals surface area contributed by atoms with E-state index in [-0.39, 0.29) is 18.9 Å². The highest BCUT2D eigenvalue weighted by Crippen LogP contribution is 2.47. The molecule has 1 heterocycles. The van der Waals surface area contributed by atoms with E-state index in [1.54, 1.807) is 4.57 Å². The second kappa shape index (κ2) is 4.54. The average molecular weight is 280 g/mol. The minimum Gasteiger partial charge on any atom is -0.481 e. The molecule has 2 unspecified atom stereocenters. The number of imidazole rings is 1. The third kappa shape index (κ3) is 2.15. The summed E-state index contributed by atoms with van der Waals surface area (Å²) in [6.07, 6.45) is 0.903. The van der Waals surface area contributed by atoms with Crippen molar-refractivity contribution in [3.8, 4) is 0 Å². The smallest absolute Gasteiger partial charge is 0.305 e. The normalized spacial score (nSPS) is 21.4. The van der Waals surface area contributed by atoms with Crippen LogP contribution in [0.1, 0.15) is 31.5 Å². The van der Waals surface area contributed by atoms with Crippen molar-refractivity contribution in [3.63, 3.8) is 0 Å². The van der Waals surface area contributed by atoms with Crippen molar-refractivity contribution in [2.24, 2.45) is 5.92 Å². The maximum atomic E-state index is 13.4. The van der Waals surface area contributed by atoms with Gasteiger partial charge in [-0.1, -0.05) is 6.92 Å². The first-order chi connectivity index (χ1) is 9.47. The van der Waals surface area contributed by atoms with Gasteiger partial charge in [-0.2, -0.15) is 0 Å². The van der Waals surface area contributed by atoms with Gasteiger partial charge in [0.25, 0.3) is 0 Å². The topological polar surface area (TPSA) is 55.1 Å². The third-order valence-electron chi connectivity index (χ3n) is 3.81. The van der Waals surface area contributed by atoms with E-state index in [0.717, 1.165) is 24.4 Å². The molecule has 106 valence electrons. The highest BCUT2D eigenvalue weighted by molar-refractivity contribution is 5.77. The van der Waals surface area contributed by atoms with E-state index in [4.69, 9.17) is 5.11 Å². The van der Waals surface area contributed by atoms with E-state index in [9.17, 15) is 13.6 Å². The number of carboxylic acid groups (broad SMARTS) is 1. The molecule has 0 bridgehead atoms. The molecule has 2 aromatic rings. The number of carbonyl (C=O) groups is 1. The van der Waals surface area contributed by atoms with Crippen molar-refractivity contribution in [3.05, 3.63) is 29.6 Å². The van der Waals surface area contributed by atoms with Gasteiger partial charge in [-0.25, -0.2) is 13.8 Å². The summed E-state index contributed by atoms with van der Waals surface area (Å²) >= 11 is 0. The van der Waals surface area contributed by atoms with Crippen LogP contribution in [0.15, 0.2) is 12.1 Å². The molecule has 1 aliphatic carbocycles. The molecule has 6 heteroatoms. The van der Waals surface area contributed by atoms with Crippen molar-refractivity contribution in [2.45, 2.75) is 32.2 Å². The monoisotopic (exact) mass is 280 g/mol. The third-order valence-corrected chi connectivity index (χ3v) is 3.81. The van der Waals surface area contributed by atoms with Crippen LogP contribution in [0.5, 0.6) is 0 Å². The molecule has 0 radical (unpaired) electrons. The van der Waals surface area contributed by atoms with Crippen LogP contribution in [0.2, 0.25) is 0 Å². The van der Waals surface area contributed by atoms with Gasteiger partial charge in [0.1, 0.15) is 5.82 Å². The van der Waals surface area contributed by atoms with E-state index in [2.05, 4.69) is 11.9 Å². The van der Waals surface area contributed by atoms with Gasteiger partial charge in [-0.15, -0.1) is 0 Å². The molecule has 20 heavy (non-hydrogen) atoms. The summed E-state index contributed by atoms with van der Waals surface area (Å²) in [4.78, 5) is 15.1. The predicted molar refractivity (Wildman–Crippen MR) is 68.4 cm³/mol. The number of aryl methyl sites for hydroxylation is 1. The van der Waals surface area contributed by atoms with Crippen molar-refractivity contribution in [2.75, 3.05) is 0 Å². The number of halogens is 2. The van der Waals surface area contributed by atoms with Crippen LogP contribution in [-0.2, 0) is 11.3 Å². The van der Waals surface area contributed by atoms with Gasteiger partial charge in [0.2, 0.25) is 0 Å². The van der Waals surface area contributed by atoms with Crippen molar-refractivity contribution in [1.29, 1.82) is 0 Å². The molecule has 1 N–H and O–H groups in total. The molecule has 1 fully saturated rings. The lowest BCUT2D eigenvalue weighted by atomic mass is 10.3. The summed E-state index contributed by atoms with van der Waals surface area (Å²) in [6, 6.07) is 2.16. The van der Waals surface area contributed by atoms with Gasteiger partial charge in [0.15, 0.2) is 11.6 Å². The number of nitrogens with zero attached hydrogens (tertiary/aromatic N) is 2. The quantitative estimate of drug-likeness (QED) is 0.936. The molecule has 1 aliphatic rings. The summed E-state index contributed by atoms with van der Waals surface area (Å²) in [5.41, 5.74) is 0.836. The average Bonchev–Trinajstić information content (AvgIpc) is 2.99. The molecule has 1 saturated carbocycles. The zero-order valence-electron chi connectivity index (χ0n) is 10.9. The Bertz CT molecular complexity index is 696. The molecular formula is C14H14F2N2O2. The Labute approximate surface area is 114 Å². The number of hydrogen-bond donors (Lipinski definition) is 1. The Kier molecular flexibility index (Phi) is 2.96. The summed E-state index contributed by atoms with van der Waals surface area (Å²) < 4.78 is 28.4. The van der Waals surface area contributed by atoms with Crippen molar-refractivity contribution in [1.82, 2.24) is 9.55 Å². The first kappa shape index (κ1) is 13.0. The second-order valence-electron chi connectivity index (χ2n) is 5.34. The summed E-state index contributed by atoms with van der Waals surface area (Å²) in [6.45, 7) is 2.29. The molecule has 2 atom stereocenters. The maximum absolute atomic E-state index is 13.4. The summed E-state index contributed by atoms with van der Waals surface area (Å²) in [5, 5.41) is 8.81. The second-order valence-corrected chi connectivity index (χ2v) is 5.34. The molecule has 0 spiro atoms. The molecule has 1 aromatic heterocycles. The van der Waals surface area contributed by atoms with Crippen LogP contribution in [-0.4, -0.2) is 20.6 Å². The van der Waals surface area contributed by atoms with Gasteiger partial charge in [-0.05, 0) is 12.3 Å². The first-order valence-electron chi connectivity index (χ1n) is 6.54. The van der Waals surface area contributed by atoms with Crippen LogP contribution in [0.25, 0.3) is 11.0 Å². The van der Waals surface area contributed by atoms with E-state index in [1.165, 1.54) is 0 Å². The number of benzene rings is 1. The van der Waals surface area contributed by atoms with Crippen molar-refractivity contribution < 1.29 is 18.7 Å². The maximum Gasteiger partial charge on any atom is 0.305 e. The van der Waals surface area contributed by atoms with E-state index < -0.39 is 17.6 Å². The fraction of sp³-hybridized carbons (Fsp3) is 0.429. The van der Waals surface area contributed by atoms with Gasteiger partial charge in [0.05, 0.1) is 17.5 Å². The fourth-order valence-electron chi connectivity index (χ4n) is 2.55. The highest BCUT2D eigenvalue weighted by Gasteiger charge is 2.38. The van der Waals surface area contributed by atoms with E-state index >= 15 is 0 Å². The lowest BCUT2D eigenvalue weighted by Crippen LogP contribution is -2.08. The molecule has 3 rings (SSSR count). The van der Waals surface area contributed by atoms with Gasteiger partial charge >= 0.3 is 5.97 Å². The number of carboxylic acids is 1. The lowest BCUT2D eigenvalue weighted by molar-refractivity contribution is -0.137. The number of hydrogen-bond acceptors (Lipinski definition) is 2. The Morgan fingerprint density at radius 3 is 2.70 bits per heavy atom. The van der Waals surface area contributed by atoms with E-state index in [0.29, 0.717) is 17.0 Å². The molecule has 1 aromatic carbocycles. The standard InChI is InChI=1S/C14H14F2N2O2/c1-7-4-8(7)14-17-11-5-9(15)10(16)6-12(11)18(14)3-2-13(19)20/h5-8H,2-4H2,1H3,(H,19,20). The Balaban J connectivity index is 2.10. The molecule has 4 nitrogen and oxygen atoms in total. The minimum atomic E-state index is -0.940. The Morgan fingerprint density at radius 1 is 1.45 bits per heavy atom. The zero-order chi connectivity index (χ0) is 14.4. The molecule has 0 aliphatic heterocycles.